The topological polar surface area (TPSA) is 76.6 Å². The fourth-order valence-electron chi connectivity index (χ4n) is 2.65. The number of benzene rings is 2. The van der Waals surface area contributed by atoms with E-state index in [1.165, 1.54) is 25.9 Å². The van der Waals surface area contributed by atoms with Crippen molar-refractivity contribution in [2.75, 3.05) is 0 Å². The lowest BCUT2D eigenvalue weighted by Crippen LogP contribution is -2.39. The zero-order chi connectivity index (χ0) is 21.1. The minimum atomic E-state index is -0.594. The van der Waals surface area contributed by atoms with Crippen LogP contribution in [0.2, 0.25) is 0 Å². The maximum absolute atomic E-state index is 12.8. The normalized spacial score (nSPS) is 11.7. The molecule has 0 atom stereocenters. The van der Waals surface area contributed by atoms with Crippen LogP contribution in [-0.2, 0) is 19.8 Å². The largest absolute Gasteiger partial charge is 0.494 e. The van der Waals surface area contributed by atoms with Crippen LogP contribution in [0, 0.1) is 6.92 Å². The Labute approximate surface area is 180 Å². The first kappa shape index (κ1) is 21.1. The predicted octanol–water partition coefficient (Wildman–Crippen LogP) is 3.87. The third-order valence-corrected chi connectivity index (χ3v) is 5.98. The molecule has 3 aromatic rings. The molecule has 29 heavy (non-hydrogen) atoms. The van der Waals surface area contributed by atoms with Crippen LogP contribution in [0.25, 0.3) is 0 Å². The monoisotopic (exact) mass is 473 g/mol. The minimum Gasteiger partial charge on any atom is -0.494 e. The third-order valence-electron chi connectivity index (χ3n) is 4.40. The molecule has 3 rings (SSSR count). The van der Waals surface area contributed by atoms with Crippen LogP contribution in [-0.4, -0.2) is 19.3 Å². The molecule has 6 nitrogen and oxygen atoms in total. The maximum atomic E-state index is 12.8. The molecule has 0 spiro atoms. The molecule has 150 valence electrons. The van der Waals surface area contributed by atoms with Gasteiger partial charge in [-0.05, 0) is 36.8 Å². The Kier molecular flexibility index (Phi) is 6.44. The van der Waals surface area contributed by atoms with Crippen molar-refractivity contribution in [3.05, 3.63) is 90.5 Å². The van der Waals surface area contributed by atoms with Gasteiger partial charge in [-0.2, -0.15) is 0 Å². The summed E-state index contributed by atoms with van der Waals surface area (Å²) in [6.45, 7) is 1.98. The third kappa shape index (κ3) is 4.71. The van der Waals surface area contributed by atoms with E-state index in [0.29, 0.717) is 16.5 Å². The quantitative estimate of drug-likeness (QED) is 0.460. The Hall–Kier alpha value is -2.58. The highest BCUT2D eigenvalue weighted by molar-refractivity contribution is 9.10. The zero-order valence-corrected chi connectivity index (χ0v) is 18.6. The maximum Gasteiger partial charge on any atom is 0.333 e. The summed E-state index contributed by atoms with van der Waals surface area (Å²) in [6.07, 6.45) is 0. The number of hydrogen-bond donors (Lipinski definition) is 1. The Bertz CT molecular complexity index is 1180. The smallest absolute Gasteiger partial charge is 0.333 e. The van der Waals surface area contributed by atoms with Crippen molar-refractivity contribution in [1.82, 2.24) is 9.13 Å². The summed E-state index contributed by atoms with van der Waals surface area (Å²) in [5.74, 6) is 0.149. The second-order valence-corrected chi connectivity index (χ2v) is 8.45. The van der Waals surface area contributed by atoms with Crippen LogP contribution in [0.4, 0.5) is 5.69 Å². The Morgan fingerprint density at radius 1 is 1.03 bits per heavy atom. The van der Waals surface area contributed by atoms with Gasteiger partial charge in [0, 0.05) is 24.3 Å². The van der Waals surface area contributed by atoms with Gasteiger partial charge >= 0.3 is 5.69 Å². The van der Waals surface area contributed by atoms with Crippen molar-refractivity contribution in [3.63, 3.8) is 0 Å². The second-order valence-electron chi connectivity index (χ2n) is 6.57. The summed E-state index contributed by atoms with van der Waals surface area (Å²) >= 11 is 4.74. The van der Waals surface area contributed by atoms with Crippen molar-refractivity contribution >= 4 is 38.4 Å². The molecule has 0 fully saturated rings. The van der Waals surface area contributed by atoms with Gasteiger partial charge in [0.05, 0.1) is 5.69 Å². The van der Waals surface area contributed by atoms with Gasteiger partial charge in [-0.1, -0.05) is 45.8 Å². The molecule has 0 aliphatic heterocycles. The van der Waals surface area contributed by atoms with Crippen LogP contribution in [0.1, 0.15) is 16.7 Å². The number of aryl methyl sites for hydroxylation is 1. The summed E-state index contributed by atoms with van der Waals surface area (Å²) in [7, 11) is 2.81. The molecule has 0 radical (unpaired) electrons. The van der Waals surface area contributed by atoms with Gasteiger partial charge < -0.3 is 5.11 Å². The Morgan fingerprint density at radius 3 is 2.28 bits per heavy atom. The predicted molar refractivity (Wildman–Crippen MR) is 121 cm³/mol. The van der Waals surface area contributed by atoms with Crippen LogP contribution >= 0.6 is 27.7 Å². The van der Waals surface area contributed by atoms with Crippen molar-refractivity contribution in [2.45, 2.75) is 12.7 Å². The highest BCUT2D eigenvalue weighted by atomic mass is 79.9. The fraction of sp³-hybridized carbons (Fsp3) is 0.190. The first-order valence-corrected chi connectivity index (χ1v) is 10.6. The van der Waals surface area contributed by atoms with Crippen molar-refractivity contribution in [1.29, 1.82) is 0 Å². The fourth-order valence-corrected chi connectivity index (χ4v) is 3.90. The van der Waals surface area contributed by atoms with Crippen molar-refractivity contribution in [3.8, 4) is 5.88 Å². The van der Waals surface area contributed by atoms with Crippen molar-refractivity contribution in [2.24, 2.45) is 19.1 Å². The lowest BCUT2D eigenvalue weighted by atomic mass is 10.2. The molecule has 0 amide bonds. The van der Waals surface area contributed by atoms with Gasteiger partial charge in [0.1, 0.15) is 10.6 Å². The zero-order valence-electron chi connectivity index (χ0n) is 16.2. The summed E-state index contributed by atoms with van der Waals surface area (Å²) in [6, 6.07) is 15.4. The molecule has 2 aromatic carbocycles. The molecule has 1 N–H and O–H groups in total. The molecule has 8 heteroatoms. The van der Waals surface area contributed by atoms with Gasteiger partial charge in [-0.3, -0.25) is 13.9 Å². The average molecular weight is 474 g/mol. The summed E-state index contributed by atoms with van der Waals surface area (Å²) in [5, 5.41) is 10.9. The Balaban J connectivity index is 2.10. The van der Waals surface area contributed by atoms with E-state index < -0.39 is 17.1 Å². The molecule has 1 heterocycles. The molecule has 0 saturated carbocycles. The molecular weight excluding hydrogens is 454 g/mol. The standard InChI is InChI=1S/C21H20BrN3O3S/c1-13-4-10-16(11-5-13)23-18(29-12-14-6-8-15(22)9-7-14)17-19(26)24(2)21(28)25(3)20(17)27/h4-11,26H,12H2,1-3H3. The van der Waals surface area contributed by atoms with Crippen LogP contribution in [0.5, 0.6) is 5.88 Å². The van der Waals surface area contributed by atoms with Crippen LogP contribution < -0.4 is 11.2 Å². The molecule has 0 bridgehead atoms. The van der Waals surface area contributed by atoms with Gasteiger partial charge in [0.25, 0.3) is 5.56 Å². The van der Waals surface area contributed by atoms with Gasteiger partial charge in [-0.25, -0.2) is 9.79 Å². The Morgan fingerprint density at radius 2 is 1.66 bits per heavy atom. The lowest BCUT2D eigenvalue weighted by Gasteiger charge is -2.12. The molecular formula is C21H20BrN3O3S. The number of nitrogens with zero attached hydrogens (tertiary/aromatic N) is 3. The summed E-state index contributed by atoms with van der Waals surface area (Å²) < 4.78 is 2.99. The molecule has 1 aromatic heterocycles. The van der Waals surface area contributed by atoms with E-state index in [9.17, 15) is 14.7 Å². The first-order valence-electron chi connectivity index (χ1n) is 8.80. The molecule has 0 unspecified atom stereocenters. The average Bonchev–Trinajstić information content (AvgIpc) is 2.71. The summed E-state index contributed by atoms with van der Waals surface area (Å²) in [5.41, 5.74) is 1.62. The first-order chi connectivity index (χ1) is 13.8. The van der Waals surface area contributed by atoms with E-state index >= 15 is 0 Å². The van der Waals surface area contributed by atoms with E-state index in [0.717, 1.165) is 24.7 Å². The van der Waals surface area contributed by atoms with Crippen LogP contribution in [0.3, 0.4) is 0 Å². The lowest BCUT2D eigenvalue weighted by molar-refractivity contribution is 0.410. The van der Waals surface area contributed by atoms with E-state index in [1.54, 1.807) is 0 Å². The molecule has 0 aliphatic rings. The van der Waals surface area contributed by atoms with E-state index in [4.69, 9.17) is 0 Å². The summed E-state index contributed by atoms with van der Waals surface area (Å²) in [4.78, 5) is 29.5. The van der Waals surface area contributed by atoms with Crippen LogP contribution in [0.15, 0.2) is 67.6 Å². The number of aromatic hydroxyl groups is 1. The highest BCUT2D eigenvalue weighted by Gasteiger charge is 2.21. The second kappa shape index (κ2) is 8.84. The molecule has 0 saturated heterocycles. The van der Waals surface area contributed by atoms with Gasteiger partial charge in [0.2, 0.25) is 5.88 Å². The number of hydrogen-bond acceptors (Lipinski definition) is 5. The van der Waals surface area contributed by atoms with Crippen molar-refractivity contribution < 1.29 is 5.11 Å². The van der Waals surface area contributed by atoms with Gasteiger partial charge in [-0.15, -0.1) is 11.8 Å². The highest BCUT2D eigenvalue weighted by Crippen LogP contribution is 2.26. The van der Waals surface area contributed by atoms with E-state index in [1.807, 2.05) is 55.5 Å². The number of aromatic nitrogens is 2. The van der Waals surface area contributed by atoms with E-state index in [-0.39, 0.29) is 5.56 Å². The number of rotatable bonds is 4. The number of aliphatic imine (C=N–C) groups is 1. The van der Waals surface area contributed by atoms with E-state index in [2.05, 4.69) is 20.9 Å². The molecule has 0 aliphatic carbocycles. The SMILES string of the molecule is Cc1ccc(N=C(SCc2ccc(Br)cc2)c2c(O)n(C)c(=O)n(C)c2=O)cc1. The van der Waals surface area contributed by atoms with Gasteiger partial charge in [0.15, 0.2) is 0 Å². The number of thioether (sulfide) groups is 1. The minimum absolute atomic E-state index is 0.0114. The number of halogens is 1.